The van der Waals surface area contributed by atoms with Crippen LogP contribution in [-0.4, -0.2) is 53.7 Å². The van der Waals surface area contributed by atoms with E-state index in [0.717, 1.165) is 4.90 Å². The number of carbonyl (C=O) groups excluding carboxylic acids is 2. The number of rotatable bonds is 2. The maximum absolute atomic E-state index is 13.0. The molecule has 2 amide bonds. The molecule has 1 heterocycles. The number of benzene rings is 1. The second-order valence-electron chi connectivity index (χ2n) is 6.23. The van der Waals surface area contributed by atoms with Crippen molar-refractivity contribution in [2.24, 2.45) is 0 Å². The third kappa shape index (κ3) is 4.84. The molecule has 2 rings (SSSR count). The first-order chi connectivity index (χ1) is 12.4. The standard InChI is InChI=1S/C19H24N2O5/c1-14-13-26-17(22)12-8-4-7-11-16(18(23)20(14)2)21(19(24)25)15-9-5-3-6-10-15/h3-7,9-10,14,16H,8,11-13H2,1-2H3,(H,24,25)/t14-,16+/m0/s1. The normalized spacial score (nSPS) is 22.2. The Bertz CT molecular complexity index is 674. The number of ether oxygens (including phenoxy) is 1. The lowest BCUT2D eigenvalue weighted by atomic mass is 10.1. The van der Waals surface area contributed by atoms with Crippen molar-refractivity contribution in [3.8, 4) is 0 Å². The molecule has 26 heavy (non-hydrogen) atoms. The molecule has 0 fully saturated rings. The Morgan fingerprint density at radius 3 is 2.58 bits per heavy atom. The highest BCUT2D eigenvalue weighted by Gasteiger charge is 2.34. The topological polar surface area (TPSA) is 87.1 Å². The van der Waals surface area contributed by atoms with Crippen LogP contribution in [0.15, 0.2) is 42.5 Å². The Hall–Kier alpha value is -2.83. The fourth-order valence-electron chi connectivity index (χ4n) is 2.72. The number of likely N-dealkylation sites (N-methyl/N-ethyl adjacent to an activating group) is 1. The molecule has 0 saturated heterocycles. The molecule has 7 nitrogen and oxygen atoms in total. The van der Waals surface area contributed by atoms with Crippen molar-refractivity contribution in [3.05, 3.63) is 42.5 Å². The van der Waals surface area contributed by atoms with E-state index in [2.05, 4.69) is 0 Å². The minimum absolute atomic E-state index is 0.0793. The van der Waals surface area contributed by atoms with Crippen molar-refractivity contribution in [2.45, 2.75) is 38.3 Å². The zero-order valence-corrected chi connectivity index (χ0v) is 15.0. The Morgan fingerprint density at radius 2 is 1.92 bits per heavy atom. The van der Waals surface area contributed by atoms with Crippen molar-refractivity contribution in [1.82, 2.24) is 4.90 Å². The lowest BCUT2D eigenvalue weighted by molar-refractivity contribution is -0.147. The second-order valence-corrected chi connectivity index (χ2v) is 6.23. The summed E-state index contributed by atoms with van der Waals surface area (Å²) in [5, 5.41) is 9.73. The molecule has 1 aliphatic heterocycles. The maximum Gasteiger partial charge on any atom is 0.412 e. The van der Waals surface area contributed by atoms with Gasteiger partial charge in [0.1, 0.15) is 12.6 Å². The summed E-state index contributed by atoms with van der Waals surface area (Å²) in [6.45, 7) is 1.84. The average molecular weight is 360 g/mol. The van der Waals surface area contributed by atoms with Gasteiger partial charge in [0.15, 0.2) is 0 Å². The van der Waals surface area contributed by atoms with E-state index in [1.807, 2.05) is 0 Å². The first-order valence-electron chi connectivity index (χ1n) is 8.56. The lowest BCUT2D eigenvalue weighted by Gasteiger charge is -2.33. The third-order valence-corrected chi connectivity index (χ3v) is 4.37. The van der Waals surface area contributed by atoms with E-state index in [1.54, 1.807) is 56.5 Å². The fourth-order valence-corrected chi connectivity index (χ4v) is 2.72. The molecule has 0 spiro atoms. The van der Waals surface area contributed by atoms with Crippen LogP contribution in [0.3, 0.4) is 0 Å². The zero-order valence-electron chi connectivity index (χ0n) is 15.0. The highest BCUT2D eigenvalue weighted by Crippen LogP contribution is 2.21. The Balaban J connectivity index is 2.36. The van der Waals surface area contributed by atoms with Crippen LogP contribution >= 0.6 is 0 Å². The van der Waals surface area contributed by atoms with Crippen molar-refractivity contribution >= 4 is 23.7 Å². The molecule has 1 aliphatic rings. The zero-order chi connectivity index (χ0) is 19.1. The van der Waals surface area contributed by atoms with Gasteiger partial charge in [0.05, 0.1) is 6.04 Å². The van der Waals surface area contributed by atoms with Gasteiger partial charge >= 0.3 is 12.1 Å². The number of hydrogen-bond acceptors (Lipinski definition) is 4. The summed E-state index contributed by atoms with van der Waals surface area (Å²) in [7, 11) is 1.59. The second kappa shape index (κ2) is 9.03. The molecule has 1 aromatic rings. The van der Waals surface area contributed by atoms with Gasteiger partial charge in [-0.25, -0.2) is 4.79 Å². The van der Waals surface area contributed by atoms with Gasteiger partial charge in [-0.15, -0.1) is 0 Å². The SMILES string of the molecule is C[C@H]1COC(=O)CCC=CC[C@@H](N(C(=O)O)c2ccccc2)C(=O)N1C. The van der Waals surface area contributed by atoms with Crippen LogP contribution in [0, 0.1) is 0 Å². The van der Waals surface area contributed by atoms with E-state index in [4.69, 9.17) is 4.74 Å². The van der Waals surface area contributed by atoms with Gasteiger partial charge in [0.25, 0.3) is 0 Å². The Kier molecular flexibility index (Phi) is 6.77. The predicted octanol–water partition coefficient (Wildman–Crippen LogP) is 2.67. The molecule has 7 heteroatoms. The summed E-state index contributed by atoms with van der Waals surface area (Å²) in [4.78, 5) is 39.1. The van der Waals surface area contributed by atoms with Gasteiger partial charge < -0.3 is 14.7 Å². The molecular weight excluding hydrogens is 336 g/mol. The van der Waals surface area contributed by atoms with Gasteiger partial charge in [-0.05, 0) is 31.9 Å². The number of carboxylic acid groups (broad SMARTS) is 1. The molecule has 140 valence electrons. The highest BCUT2D eigenvalue weighted by molar-refractivity contribution is 5.96. The highest BCUT2D eigenvalue weighted by atomic mass is 16.5. The number of anilines is 1. The predicted molar refractivity (Wildman–Crippen MR) is 96.9 cm³/mol. The van der Waals surface area contributed by atoms with Gasteiger partial charge in [-0.2, -0.15) is 0 Å². The minimum Gasteiger partial charge on any atom is -0.465 e. The summed E-state index contributed by atoms with van der Waals surface area (Å²) < 4.78 is 5.18. The Morgan fingerprint density at radius 1 is 1.23 bits per heavy atom. The lowest BCUT2D eigenvalue weighted by Crippen LogP contribution is -2.52. The maximum atomic E-state index is 13.0. The van der Waals surface area contributed by atoms with Crippen LogP contribution in [0.25, 0.3) is 0 Å². The number of hydrogen-bond donors (Lipinski definition) is 1. The average Bonchev–Trinajstić information content (AvgIpc) is 2.63. The number of amides is 2. The van der Waals surface area contributed by atoms with E-state index >= 15 is 0 Å². The van der Waals surface area contributed by atoms with Crippen LogP contribution in [0.2, 0.25) is 0 Å². The number of para-hydroxylation sites is 1. The molecule has 0 saturated carbocycles. The quantitative estimate of drug-likeness (QED) is 0.647. The first-order valence-corrected chi connectivity index (χ1v) is 8.56. The van der Waals surface area contributed by atoms with E-state index in [-0.39, 0.29) is 37.4 Å². The summed E-state index contributed by atoms with van der Waals surface area (Å²) in [6.07, 6.45) is 3.30. The van der Waals surface area contributed by atoms with Crippen molar-refractivity contribution in [3.63, 3.8) is 0 Å². The molecule has 2 atom stereocenters. The van der Waals surface area contributed by atoms with Crippen LogP contribution in [-0.2, 0) is 14.3 Å². The molecular formula is C19H24N2O5. The fraction of sp³-hybridized carbons (Fsp3) is 0.421. The summed E-state index contributed by atoms with van der Waals surface area (Å²) in [5.74, 6) is -0.652. The van der Waals surface area contributed by atoms with E-state index in [1.165, 1.54) is 4.90 Å². The Labute approximate surface area is 152 Å². The molecule has 1 N–H and O–H groups in total. The summed E-state index contributed by atoms with van der Waals surface area (Å²) in [6, 6.07) is 7.31. The molecule has 0 bridgehead atoms. The van der Waals surface area contributed by atoms with Crippen molar-refractivity contribution < 1.29 is 24.2 Å². The molecule has 0 aromatic heterocycles. The van der Waals surface area contributed by atoms with Crippen LogP contribution in [0.5, 0.6) is 0 Å². The van der Waals surface area contributed by atoms with Crippen LogP contribution in [0.4, 0.5) is 10.5 Å². The van der Waals surface area contributed by atoms with Gasteiger partial charge in [-0.3, -0.25) is 14.5 Å². The largest absolute Gasteiger partial charge is 0.465 e. The number of nitrogens with zero attached hydrogens (tertiary/aromatic N) is 2. The summed E-state index contributed by atoms with van der Waals surface area (Å²) in [5.41, 5.74) is 0.436. The number of cyclic esters (lactones) is 1. The first kappa shape index (κ1) is 19.5. The smallest absolute Gasteiger partial charge is 0.412 e. The number of esters is 1. The molecule has 1 aromatic carbocycles. The van der Waals surface area contributed by atoms with Crippen LogP contribution < -0.4 is 4.90 Å². The van der Waals surface area contributed by atoms with Gasteiger partial charge in [0, 0.05) is 19.2 Å². The van der Waals surface area contributed by atoms with Gasteiger partial charge in [-0.1, -0.05) is 30.4 Å². The minimum atomic E-state index is -1.19. The molecule has 0 unspecified atom stereocenters. The molecule has 0 radical (unpaired) electrons. The van der Waals surface area contributed by atoms with E-state index in [0.29, 0.717) is 12.1 Å². The van der Waals surface area contributed by atoms with E-state index in [9.17, 15) is 19.5 Å². The third-order valence-electron chi connectivity index (χ3n) is 4.37. The van der Waals surface area contributed by atoms with Crippen LogP contribution in [0.1, 0.15) is 26.2 Å². The number of carbonyl (C=O) groups is 3. The van der Waals surface area contributed by atoms with Gasteiger partial charge in [0.2, 0.25) is 5.91 Å². The summed E-state index contributed by atoms with van der Waals surface area (Å²) >= 11 is 0. The van der Waals surface area contributed by atoms with Crippen molar-refractivity contribution in [2.75, 3.05) is 18.6 Å². The van der Waals surface area contributed by atoms with Crippen molar-refractivity contribution in [1.29, 1.82) is 0 Å². The molecule has 0 aliphatic carbocycles. The monoisotopic (exact) mass is 360 g/mol. The number of allylic oxidation sites excluding steroid dienone is 1. The van der Waals surface area contributed by atoms with E-state index < -0.39 is 12.1 Å².